The summed E-state index contributed by atoms with van der Waals surface area (Å²) >= 11 is 0. The molecule has 0 radical (unpaired) electrons. The number of hydrogen-bond donors (Lipinski definition) is 2. The van der Waals surface area contributed by atoms with Crippen LogP contribution in [0.5, 0.6) is 0 Å². The van der Waals surface area contributed by atoms with Gasteiger partial charge in [0, 0.05) is 42.9 Å². The van der Waals surface area contributed by atoms with Crippen LogP contribution in [-0.2, 0) is 0 Å². The van der Waals surface area contributed by atoms with E-state index in [4.69, 9.17) is 5.73 Å². The Kier molecular flexibility index (Phi) is 6.13. The first kappa shape index (κ1) is 22.5. The predicted molar refractivity (Wildman–Crippen MR) is 134 cm³/mol. The van der Waals surface area contributed by atoms with Crippen LogP contribution < -0.4 is 11.1 Å². The molecule has 1 unspecified atom stereocenters. The minimum absolute atomic E-state index is 0.0406. The van der Waals surface area contributed by atoms with Gasteiger partial charge in [-0.05, 0) is 68.1 Å². The van der Waals surface area contributed by atoms with Crippen molar-refractivity contribution in [2.24, 2.45) is 0 Å². The SMILES string of the molecule is CC(c1ccncc1)n1c(NC(=O)c2cccc(N)c2)nc2cc(C(=O)N3CCCCC3)cnc21. The van der Waals surface area contributed by atoms with Gasteiger partial charge in [0.05, 0.1) is 11.6 Å². The molecule has 3 N–H and O–H groups in total. The molecule has 5 rings (SSSR count). The number of pyridine rings is 2. The average Bonchev–Trinajstić information content (AvgIpc) is 3.25. The van der Waals surface area contributed by atoms with E-state index < -0.39 is 0 Å². The molecule has 0 bridgehead atoms. The Balaban J connectivity index is 1.55. The molecule has 0 saturated carbocycles. The first-order chi connectivity index (χ1) is 17.0. The van der Waals surface area contributed by atoms with Crippen molar-refractivity contribution in [3.63, 3.8) is 0 Å². The summed E-state index contributed by atoms with van der Waals surface area (Å²) in [7, 11) is 0. The zero-order valence-electron chi connectivity index (χ0n) is 19.5. The van der Waals surface area contributed by atoms with E-state index in [-0.39, 0.29) is 17.9 Å². The molecule has 4 heterocycles. The molecule has 178 valence electrons. The van der Waals surface area contributed by atoms with Crippen molar-refractivity contribution in [1.29, 1.82) is 0 Å². The van der Waals surface area contributed by atoms with E-state index in [2.05, 4.69) is 20.3 Å². The predicted octanol–water partition coefficient (Wildman–Crippen LogP) is 3.90. The number of hydrogen-bond acceptors (Lipinski definition) is 6. The Bertz CT molecular complexity index is 1380. The lowest BCUT2D eigenvalue weighted by molar-refractivity contribution is 0.0724. The van der Waals surface area contributed by atoms with Gasteiger partial charge in [-0.15, -0.1) is 0 Å². The van der Waals surface area contributed by atoms with E-state index in [9.17, 15) is 9.59 Å². The summed E-state index contributed by atoms with van der Waals surface area (Å²) < 4.78 is 1.87. The highest BCUT2D eigenvalue weighted by molar-refractivity contribution is 6.04. The Morgan fingerprint density at radius 1 is 1.03 bits per heavy atom. The third kappa shape index (κ3) is 4.57. The van der Waals surface area contributed by atoms with Crippen LogP contribution in [0.4, 0.5) is 11.6 Å². The number of nitrogens with zero attached hydrogens (tertiary/aromatic N) is 5. The van der Waals surface area contributed by atoms with Gasteiger partial charge < -0.3 is 10.6 Å². The number of benzene rings is 1. The van der Waals surface area contributed by atoms with E-state index >= 15 is 0 Å². The van der Waals surface area contributed by atoms with Crippen molar-refractivity contribution in [1.82, 2.24) is 24.4 Å². The molecule has 1 aliphatic heterocycles. The van der Waals surface area contributed by atoms with Crippen LogP contribution in [0.25, 0.3) is 11.2 Å². The number of nitrogen functional groups attached to an aromatic ring is 1. The van der Waals surface area contributed by atoms with Crippen LogP contribution in [0.2, 0.25) is 0 Å². The zero-order chi connectivity index (χ0) is 24.4. The second-order valence-electron chi connectivity index (χ2n) is 8.76. The zero-order valence-corrected chi connectivity index (χ0v) is 19.5. The lowest BCUT2D eigenvalue weighted by atomic mass is 10.1. The highest BCUT2D eigenvalue weighted by Gasteiger charge is 2.24. The summed E-state index contributed by atoms with van der Waals surface area (Å²) in [5.41, 5.74) is 9.37. The van der Waals surface area contributed by atoms with Crippen molar-refractivity contribution in [2.45, 2.75) is 32.2 Å². The maximum Gasteiger partial charge on any atom is 0.258 e. The molecule has 1 aromatic carbocycles. The van der Waals surface area contributed by atoms with Crippen molar-refractivity contribution in [3.8, 4) is 0 Å². The van der Waals surface area contributed by atoms with Crippen LogP contribution in [0.1, 0.15) is 58.5 Å². The largest absolute Gasteiger partial charge is 0.399 e. The van der Waals surface area contributed by atoms with Gasteiger partial charge in [0.2, 0.25) is 5.95 Å². The molecule has 2 amide bonds. The summed E-state index contributed by atoms with van der Waals surface area (Å²) in [4.78, 5) is 41.4. The molecule has 9 nitrogen and oxygen atoms in total. The Morgan fingerprint density at radius 2 is 1.80 bits per heavy atom. The summed E-state index contributed by atoms with van der Waals surface area (Å²) in [6.45, 7) is 3.51. The number of imidazole rings is 1. The molecule has 3 aromatic heterocycles. The van der Waals surface area contributed by atoms with Gasteiger partial charge in [-0.2, -0.15) is 0 Å². The molecule has 1 atom stereocenters. The fraction of sp³-hybridized carbons (Fsp3) is 0.269. The van der Waals surface area contributed by atoms with Gasteiger partial charge in [0.25, 0.3) is 11.8 Å². The van der Waals surface area contributed by atoms with E-state index in [1.807, 2.05) is 28.5 Å². The Morgan fingerprint density at radius 3 is 2.54 bits per heavy atom. The lowest BCUT2D eigenvalue weighted by Crippen LogP contribution is -2.35. The van der Waals surface area contributed by atoms with Crippen LogP contribution >= 0.6 is 0 Å². The van der Waals surface area contributed by atoms with Crippen LogP contribution in [0, 0.1) is 0 Å². The van der Waals surface area contributed by atoms with Gasteiger partial charge in [-0.1, -0.05) is 6.07 Å². The molecule has 9 heteroatoms. The van der Waals surface area contributed by atoms with E-state index in [1.54, 1.807) is 48.9 Å². The van der Waals surface area contributed by atoms with Crippen molar-refractivity contribution in [3.05, 3.63) is 77.7 Å². The highest BCUT2D eigenvalue weighted by Crippen LogP contribution is 2.28. The van der Waals surface area contributed by atoms with E-state index in [1.165, 1.54) is 0 Å². The number of nitrogens with one attached hydrogen (secondary N) is 1. The van der Waals surface area contributed by atoms with Crippen molar-refractivity contribution in [2.75, 3.05) is 24.1 Å². The van der Waals surface area contributed by atoms with E-state index in [0.29, 0.717) is 33.9 Å². The van der Waals surface area contributed by atoms with Crippen LogP contribution in [-0.4, -0.2) is 49.3 Å². The minimum atomic E-state index is -0.333. The standard InChI is InChI=1S/C26H27N7O2/c1-17(18-8-10-28-11-9-18)33-23-22(15-20(16-29-23)25(35)32-12-3-2-4-13-32)30-26(33)31-24(34)19-6-5-7-21(27)14-19/h5-11,14-17H,2-4,12-13,27H2,1H3,(H,30,31,34). The van der Waals surface area contributed by atoms with Crippen LogP contribution in [0.3, 0.4) is 0 Å². The first-order valence-electron chi connectivity index (χ1n) is 11.8. The van der Waals surface area contributed by atoms with Gasteiger partial charge in [-0.25, -0.2) is 9.97 Å². The molecular weight excluding hydrogens is 442 g/mol. The van der Waals surface area contributed by atoms with Gasteiger partial charge in [0.1, 0.15) is 5.52 Å². The Hall–Kier alpha value is -4.27. The third-order valence-electron chi connectivity index (χ3n) is 6.37. The number of rotatable bonds is 5. The molecule has 4 aromatic rings. The number of carbonyl (C=O) groups excluding carboxylic acids is 2. The number of anilines is 2. The normalized spacial score (nSPS) is 14.6. The monoisotopic (exact) mass is 469 g/mol. The summed E-state index contributed by atoms with van der Waals surface area (Å²) in [6.07, 6.45) is 8.21. The topological polar surface area (TPSA) is 119 Å². The lowest BCUT2D eigenvalue weighted by Gasteiger charge is -2.26. The summed E-state index contributed by atoms with van der Waals surface area (Å²) in [6, 6.07) is 12.1. The number of fused-ring (bicyclic) bond motifs is 1. The number of amides is 2. The third-order valence-corrected chi connectivity index (χ3v) is 6.37. The number of carbonyl (C=O) groups is 2. The van der Waals surface area contributed by atoms with Crippen molar-refractivity contribution < 1.29 is 9.59 Å². The highest BCUT2D eigenvalue weighted by atomic mass is 16.2. The molecule has 1 aliphatic rings. The summed E-state index contributed by atoms with van der Waals surface area (Å²) in [5.74, 6) is -0.0339. The van der Waals surface area contributed by atoms with Crippen molar-refractivity contribution >= 4 is 34.6 Å². The second kappa shape index (κ2) is 9.54. The smallest absolute Gasteiger partial charge is 0.258 e. The molecule has 35 heavy (non-hydrogen) atoms. The number of likely N-dealkylation sites (tertiary alicyclic amines) is 1. The maximum absolute atomic E-state index is 13.0. The second-order valence-corrected chi connectivity index (χ2v) is 8.76. The quantitative estimate of drug-likeness (QED) is 0.428. The molecule has 1 fully saturated rings. The van der Waals surface area contributed by atoms with Crippen LogP contribution in [0.15, 0.2) is 61.1 Å². The minimum Gasteiger partial charge on any atom is -0.399 e. The maximum atomic E-state index is 13.0. The molecule has 0 spiro atoms. The van der Waals surface area contributed by atoms with E-state index in [0.717, 1.165) is 37.9 Å². The fourth-order valence-electron chi connectivity index (χ4n) is 4.48. The Labute approximate surface area is 203 Å². The van der Waals surface area contributed by atoms with Gasteiger partial charge in [-0.3, -0.25) is 24.5 Å². The number of piperidine rings is 1. The number of aromatic nitrogens is 4. The number of nitrogens with two attached hydrogens (primary N) is 1. The average molecular weight is 470 g/mol. The molecular formula is C26H27N7O2. The first-order valence-corrected chi connectivity index (χ1v) is 11.8. The van der Waals surface area contributed by atoms with Gasteiger partial charge in [0.15, 0.2) is 5.65 Å². The van der Waals surface area contributed by atoms with Gasteiger partial charge >= 0.3 is 0 Å². The fourth-order valence-corrected chi connectivity index (χ4v) is 4.48. The summed E-state index contributed by atoms with van der Waals surface area (Å²) in [5, 5.41) is 2.91. The molecule has 1 saturated heterocycles. The molecule has 0 aliphatic carbocycles.